The molecule has 2 rings (SSSR count). The van der Waals surface area contributed by atoms with Gasteiger partial charge in [0.15, 0.2) is 0 Å². The van der Waals surface area contributed by atoms with Crippen molar-refractivity contribution in [2.45, 2.75) is 24.9 Å². The molecule has 0 radical (unpaired) electrons. The van der Waals surface area contributed by atoms with Gasteiger partial charge in [-0.2, -0.15) is 0 Å². The summed E-state index contributed by atoms with van der Waals surface area (Å²) in [5, 5.41) is 21.7. The zero-order chi connectivity index (χ0) is 13.0. The van der Waals surface area contributed by atoms with Crippen LogP contribution in [0.3, 0.4) is 0 Å². The van der Waals surface area contributed by atoms with Crippen LogP contribution < -0.4 is 5.32 Å². The first-order valence-corrected chi connectivity index (χ1v) is 6.72. The molecule has 1 aromatic rings. The molecule has 5 nitrogen and oxygen atoms in total. The molecule has 1 fully saturated rings. The topological polar surface area (TPSA) is 78.8 Å². The summed E-state index contributed by atoms with van der Waals surface area (Å²) < 4.78 is 5.29. The first-order chi connectivity index (χ1) is 8.65. The summed E-state index contributed by atoms with van der Waals surface area (Å²) in [6, 6.07) is 3.42. The summed E-state index contributed by atoms with van der Waals surface area (Å²) in [5.41, 5.74) is -0.286. The van der Waals surface area contributed by atoms with Crippen LogP contribution in [-0.2, 0) is 11.3 Å². The van der Waals surface area contributed by atoms with Crippen molar-refractivity contribution in [3.63, 3.8) is 0 Å². The van der Waals surface area contributed by atoms with Crippen molar-refractivity contribution in [3.05, 3.63) is 21.9 Å². The van der Waals surface area contributed by atoms with Crippen molar-refractivity contribution in [2.24, 2.45) is 0 Å². The molecular weight excluding hydrogens is 254 g/mol. The smallest absolute Gasteiger partial charge is 0.345 e. The third-order valence-electron chi connectivity index (χ3n) is 3.26. The molecular formula is C12H17NO4S. The molecule has 1 saturated heterocycles. The minimum absolute atomic E-state index is 0.0769. The van der Waals surface area contributed by atoms with Gasteiger partial charge in [0, 0.05) is 30.2 Å². The Morgan fingerprint density at radius 2 is 2.17 bits per heavy atom. The van der Waals surface area contributed by atoms with Crippen molar-refractivity contribution in [2.75, 3.05) is 19.8 Å². The maximum Gasteiger partial charge on any atom is 0.345 e. The zero-order valence-electron chi connectivity index (χ0n) is 10.0. The number of carboxylic acids is 1. The molecule has 0 spiro atoms. The molecule has 3 N–H and O–H groups in total. The van der Waals surface area contributed by atoms with Crippen molar-refractivity contribution in [3.8, 4) is 0 Å². The van der Waals surface area contributed by atoms with E-state index in [-0.39, 0.29) is 12.1 Å². The Labute approximate surface area is 109 Å². The fourth-order valence-corrected chi connectivity index (χ4v) is 2.80. The summed E-state index contributed by atoms with van der Waals surface area (Å²) in [5.74, 6) is -0.894. The van der Waals surface area contributed by atoms with Crippen LogP contribution in [0.4, 0.5) is 0 Å². The molecule has 6 heteroatoms. The zero-order valence-corrected chi connectivity index (χ0v) is 10.8. The van der Waals surface area contributed by atoms with E-state index in [1.54, 1.807) is 6.07 Å². The average Bonchev–Trinajstić information content (AvgIpc) is 2.87. The lowest BCUT2D eigenvalue weighted by molar-refractivity contribution is 0.0113. The van der Waals surface area contributed by atoms with Crippen molar-refractivity contribution in [1.29, 1.82) is 0 Å². The highest BCUT2D eigenvalue weighted by molar-refractivity contribution is 7.13. The third-order valence-corrected chi connectivity index (χ3v) is 4.34. The quantitative estimate of drug-likeness (QED) is 0.747. The Balaban J connectivity index is 1.94. The van der Waals surface area contributed by atoms with Gasteiger partial charge in [0.1, 0.15) is 4.88 Å². The summed E-state index contributed by atoms with van der Waals surface area (Å²) in [4.78, 5) is 12.1. The van der Waals surface area contributed by atoms with E-state index in [2.05, 4.69) is 5.32 Å². The summed E-state index contributed by atoms with van der Waals surface area (Å²) in [6.07, 6.45) is 1.56. The Morgan fingerprint density at radius 3 is 2.72 bits per heavy atom. The van der Waals surface area contributed by atoms with Crippen LogP contribution in [0.1, 0.15) is 27.4 Å². The fourth-order valence-electron chi connectivity index (χ4n) is 2.02. The van der Waals surface area contributed by atoms with Gasteiger partial charge < -0.3 is 20.3 Å². The van der Waals surface area contributed by atoms with E-state index >= 15 is 0 Å². The van der Waals surface area contributed by atoms with E-state index in [1.165, 1.54) is 11.3 Å². The lowest BCUT2D eigenvalue weighted by Gasteiger charge is -2.36. The number of aromatic carboxylic acids is 1. The Hall–Kier alpha value is -0.950. The number of ether oxygens (including phenoxy) is 1. The average molecular weight is 271 g/mol. The molecule has 0 saturated carbocycles. The van der Waals surface area contributed by atoms with Gasteiger partial charge in [0.25, 0.3) is 0 Å². The standard InChI is InChI=1S/C12H17NO4S/c14-8-12(3-5-17-6-4-12)13-7-9-1-2-10(18-9)11(15)16/h1-2,13-14H,3-8H2,(H,15,16). The van der Waals surface area contributed by atoms with Gasteiger partial charge in [-0.1, -0.05) is 0 Å². The number of hydrogen-bond donors (Lipinski definition) is 3. The van der Waals surface area contributed by atoms with Crippen molar-refractivity contribution < 1.29 is 19.7 Å². The lowest BCUT2D eigenvalue weighted by Crippen LogP contribution is -2.51. The van der Waals surface area contributed by atoms with Crippen molar-refractivity contribution in [1.82, 2.24) is 5.32 Å². The van der Waals surface area contributed by atoms with Gasteiger partial charge in [-0.25, -0.2) is 4.79 Å². The number of thiophene rings is 1. The van der Waals surface area contributed by atoms with Crippen LogP contribution in [0, 0.1) is 0 Å². The molecule has 18 heavy (non-hydrogen) atoms. The molecule has 0 aromatic carbocycles. The number of aliphatic hydroxyl groups excluding tert-OH is 1. The number of nitrogens with one attached hydrogen (secondary N) is 1. The van der Waals surface area contributed by atoms with E-state index in [1.807, 2.05) is 6.07 Å². The predicted molar refractivity (Wildman–Crippen MR) is 68.0 cm³/mol. The monoisotopic (exact) mass is 271 g/mol. The van der Waals surface area contributed by atoms with Crippen LogP contribution in [0.2, 0.25) is 0 Å². The molecule has 0 amide bonds. The summed E-state index contributed by atoms with van der Waals surface area (Å²) in [6.45, 7) is 1.96. The number of rotatable bonds is 5. The predicted octanol–water partition coefficient (Wildman–Crippen LogP) is 1.08. The molecule has 0 bridgehead atoms. The third kappa shape index (κ3) is 3.08. The van der Waals surface area contributed by atoms with E-state index < -0.39 is 5.97 Å². The Morgan fingerprint density at radius 1 is 1.44 bits per heavy atom. The second-order valence-corrected chi connectivity index (χ2v) is 5.64. The molecule has 2 heterocycles. The van der Waals surface area contributed by atoms with E-state index in [9.17, 15) is 9.90 Å². The molecule has 0 unspecified atom stereocenters. The minimum Gasteiger partial charge on any atom is -0.477 e. The SMILES string of the molecule is O=C(O)c1ccc(CNC2(CO)CCOCC2)s1. The van der Waals surface area contributed by atoms with Crippen LogP contribution >= 0.6 is 11.3 Å². The Bertz CT molecular complexity index is 412. The maximum atomic E-state index is 10.8. The highest BCUT2D eigenvalue weighted by Gasteiger charge is 2.31. The molecule has 100 valence electrons. The number of aliphatic hydroxyl groups is 1. The van der Waals surface area contributed by atoms with Gasteiger partial charge in [-0.05, 0) is 25.0 Å². The molecule has 0 atom stereocenters. The number of hydrogen-bond acceptors (Lipinski definition) is 5. The van der Waals surface area contributed by atoms with Gasteiger partial charge in [0.2, 0.25) is 0 Å². The highest BCUT2D eigenvalue weighted by atomic mass is 32.1. The number of carbonyl (C=O) groups is 1. The van der Waals surface area contributed by atoms with E-state index in [0.29, 0.717) is 24.6 Å². The summed E-state index contributed by atoms with van der Waals surface area (Å²) >= 11 is 1.26. The second kappa shape index (κ2) is 5.79. The van der Waals surface area contributed by atoms with Crippen LogP contribution in [-0.4, -0.2) is 41.5 Å². The van der Waals surface area contributed by atoms with Crippen molar-refractivity contribution >= 4 is 17.3 Å². The van der Waals surface area contributed by atoms with Gasteiger partial charge in [-0.15, -0.1) is 11.3 Å². The van der Waals surface area contributed by atoms with E-state index in [0.717, 1.165) is 17.7 Å². The Kier molecular flexibility index (Phi) is 4.34. The minimum atomic E-state index is -0.894. The first-order valence-electron chi connectivity index (χ1n) is 5.91. The lowest BCUT2D eigenvalue weighted by atomic mass is 9.91. The van der Waals surface area contributed by atoms with Gasteiger partial charge >= 0.3 is 5.97 Å². The largest absolute Gasteiger partial charge is 0.477 e. The molecule has 1 aromatic heterocycles. The maximum absolute atomic E-state index is 10.8. The highest BCUT2D eigenvalue weighted by Crippen LogP contribution is 2.22. The normalized spacial score (nSPS) is 18.7. The van der Waals surface area contributed by atoms with E-state index in [4.69, 9.17) is 9.84 Å². The fraction of sp³-hybridized carbons (Fsp3) is 0.583. The van der Waals surface area contributed by atoms with Gasteiger partial charge in [0.05, 0.1) is 6.61 Å². The van der Waals surface area contributed by atoms with Crippen LogP contribution in [0.5, 0.6) is 0 Å². The van der Waals surface area contributed by atoms with Crippen LogP contribution in [0.15, 0.2) is 12.1 Å². The summed E-state index contributed by atoms with van der Waals surface area (Å²) in [7, 11) is 0. The van der Waals surface area contributed by atoms with Gasteiger partial charge in [-0.3, -0.25) is 0 Å². The second-order valence-electron chi connectivity index (χ2n) is 4.48. The number of carboxylic acid groups (broad SMARTS) is 1. The molecule has 1 aliphatic heterocycles. The molecule has 0 aliphatic carbocycles. The molecule has 1 aliphatic rings. The van der Waals surface area contributed by atoms with Crippen LogP contribution in [0.25, 0.3) is 0 Å². The first kappa shape index (κ1) is 13.5.